The molecule has 1 heterocycles. The molecule has 0 radical (unpaired) electrons. The highest BCUT2D eigenvalue weighted by Gasteiger charge is 2.21. The molecule has 4 heteroatoms. The lowest BCUT2D eigenvalue weighted by Gasteiger charge is -2.29. The van der Waals surface area contributed by atoms with E-state index in [4.69, 9.17) is 0 Å². The zero-order valence-electron chi connectivity index (χ0n) is 9.86. The molecule has 1 aliphatic rings. The highest BCUT2D eigenvalue weighted by molar-refractivity contribution is 9.09. The zero-order valence-corrected chi connectivity index (χ0v) is 12.3. The second-order valence-corrected chi connectivity index (χ2v) is 6.37. The minimum Gasteiger partial charge on any atom is -0.339 e. The maximum Gasteiger partial charge on any atom is 0.253 e. The molecule has 1 amide bonds. The highest BCUT2D eigenvalue weighted by Crippen LogP contribution is 2.20. The summed E-state index contributed by atoms with van der Waals surface area (Å²) in [4.78, 5) is 15.9. The Hall–Kier alpha value is -0.480. The number of piperidine rings is 1. The summed E-state index contributed by atoms with van der Waals surface area (Å²) in [5.41, 5.74) is 0.802. The van der Waals surface area contributed by atoms with E-state index in [0.29, 0.717) is 4.83 Å². The number of benzene rings is 1. The van der Waals surface area contributed by atoms with E-state index in [1.807, 2.05) is 35.4 Å². The van der Waals surface area contributed by atoms with Gasteiger partial charge in [0.15, 0.2) is 0 Å². The third kappa shape index (κ3) is 3.26. The quantitative estimate of drug-likeness (QED) is 0.616. The first kappa shape index (κ1) is 13.0. The van der Waals surface area contributed by atoms with Crippen molar-refractivity contribution in [2.24, 2.45) is 0 Å². The standard InChI is InChI=1S/C13H16BrNOS/c1-17-12-4-2-10(3-5-12)13(16)15-8-6-11(14)7-9-15/h2-5,11H,6-9H2,1H3. The van der Waals surface area contributed by atoms with Crippen molar-refractivity contribution < 1.29 is 4.79 Å². The van der Waals surface area contributed by atoms with Gasteiger partial charge in [-0.15, -0.1) is 11.8 Å². The maximum absolute atomic E-state index is 12.2. The molecule has 1 aromatic carbocycles. The Morgan fingerprint density at radius 1 is 1.29 bits per heavy atom. The smallest absolute Gasteiger partial charge is 0.253 e. The summed E-state index contributed by atoms with van der Waals surface area (Å²) in [5.74, 6) is 0.164. The van der Waals surface area contributed by atoms with Gasteiger partial charge in [-0.1, -0.05) is 15.9 Å². The van der Waals surface area contributed by atoms with Gasteiger partial charge in [0.2, 0.25) is 0 Å². The average molecular weight is 314 g/mol. The molecule has 0 spiro atoms. The van der Waals surface area contributed by atoms with E-state index in [9.17, 15) is 4.79 Å². The van der Waals surface area contributed by atoms with E-state index in [-0.39, 0.29) is 5.91 Å². The fourth-order valence-corrected chi connectivity index (χ4v) is 2.78. The monoisotopic (exact) mass is 313 g/mol. The summed E-state index contributed by atoms with van der Waals surface area (Å²) in [7, 11) is 0. The number of carbonyl (C=O) groups excluding carboxylic acids is 1. The Bertz CT molecular complexity index is 385. The molecule has 17 heavy (non-hydrogen) atoms. The molecule has 0 aromatic heterocycles. The molecule has 2 rings (SSSR count). The number of amides is 1. The molecule has 1 aliphatic heterocycles. The van der Waals surface area contributed by atoms with Crippen LogP contribution in [-0.4, -0.2) is 35.0 Å². The minimum atomic E-state index is 0.164. The maximum atomic E-state index is 12.2. The molecule has 1 fully saturated rings. The van der Waals surface area contributed by atoms with Crippen LogP contribution in [-0.2, 0) is 0 Å². The van der Waals surface area contributed by atoms with Crippen molar-refractivity contribution in [1.29, 1.82) is 0 Å². The number of carbonyl (C=O) groups is 1. The second-order valence-electron chi connectivity index (χ2n) is 4.20. The molecule has 1 saturated heterocycles. The summed E-state index contributed by atoms with van der Waals surface area (Å²) >= 11 is 5.29. The second kappa shape index (κ2) is 5.91. The third-order valence-electron chi connectivity index (χ3n) is 3.05. The summed E-state index contributed by atoms with van der Waals surface area (Å²) < 4.78 is 0. The Morgan fingerprint density at radius 2 is 1.88 bits per heavy atom. The Balaban J connectivity index is 2.03. The van der Waals surface area contributed by atoms with Crippen LogP contribution < -0.4 is 0 Å². The molecule has 0 atom stereocenters. The van der Waals surface area contributed by atoms with Gasteiger partial charge in [0.25, 0.3) is 5.91 Å². The predicted molar refractivity (Wildman–Crippen MR) is 76.1 cm³/mol. The van der Waals surface area contributed by atoms with E-state index >= 15 is 0 Å². The van der Waals surface area contributed by atoms with Gasteiger partial charge in [-0.3, -0.25) is 4.79 Å². The van der Waals surface area contributed by atoms with E-state index in [1.165, 1.54) is 4.90 Å². The van der Waals surface area contributed by atoms with Crippen LogP contribution >= 0.6 is 27.7 Å². The first-order valence-corrected chi connectivity index (χ1v) is 7.92. The number of thioether (sulfide) groups is 1. The summed E-state index contributed by atoms with van der Waals surface area (Å²) in [6.07, 6.45) is 4.14. The Kier molecular flexibility index (Phi) is 4.51. The van der Waals surface area contributed by atoms with Gasteiger partial charge in [-0.05, 0) is 43.4 Å². The topological polar surface area (TPSA) is 20.3 Å². The van der Waals surface area contributed by atoms with Gasteiger partial charge >= 0.3 is 0 Å². The number of hydrogen-bond acceptors (Lipinski definition) is 2. The van der Waals surface area contributed by atoms with Crippen molar-refractivity contribution in [2.45, 2.75) is 22.6 Å². The lowest BCUT2D eigenvalue weighted by molar-refractivity contribution is 0.0728. The Labute approximate surface area is 115 Å². The van der Waals surface area contributed by atoms with Crippen molar-refractivity contribution in [3.63, 3.8) is 0 Å². The summed E-state index contributed by atoms with van der Waals surface area (Å²) in [5, 5.41) is 0. The van der Waals surface area contributed by atoms with Crippen LogP contribution in [0.3, 0.4) is 0 Å². The number of nitrogens with zero attached hydrogens (tertiary/aromatic N) is 1. The van der Waals surface area contributed by atoms with Crippen LogP contribution in [0.4, 0.5) is 0 Å². The molecule has 92 valence electrons. The SMILES string of the molecule is CSc1ccc(C(=O)N2CCC(Br)CC2)cc1. The van der Waals surface area contributed by atoms with Crippen molar-refractivity contribution in [3.8, 4) is 0 Å². The van der Waals surface area contributed by atoms with Gasteiger partial charge in [0, 0.05) is 28.4 Å². The summed E-state index contributed by atoms with van der Waals surface area (Å²) in [6.45, 7) is 1.72. The van der Waals surface area contributed by atoms with Crippen LogP contribution in [0.25, 0.3) is 0 Å². The fraction of sp³-hybridized carbons (Fsp3) is 0.462. The molecule has 0 aliphatic carbocycles. The number of alkyl halides is 1. The van der Waals surface area contributed by atoms with Crippen LogP contribution in [0.1, 0.15) is 23.2 Å². The number of halogens is 1. The first-order chi connectivity index (χ1) is 8.20. The number of likely N-dealkylation sites (tertiary alicyclic amines) is 1. The average Bonchev–Trinajstić information content (AvgIpc) is 2.39. The van der Waals surface area contributed by atoms with Crippen molar-refractivity contribution in [3.05, 3.63) is 29.8 Å². The molecule has 0 N–H and O–H groups in total. The lowest BCUT2D eigenvalue weighted by Crippen LogP contribution is -2.38. The third-order valence-corrected chi connectivity index (χ3v) is 4.71. The minimum absolute atomic E-state index is 0.164. The van der Waals surface area contributed by atoms with E-state index in [0.717, 1.165) is 31.5 Å². The molecule has 0 unspecified atom stereocenters. The number of rotatable bonds is 2. The van der Waals surface area contributed by atoms with Crippen molar-refractivity contribution >= 4 is 33.6 Å². The molecular formula is C13H16BrNOS. The van der Waals surface area contributed by atoms with Crippen LogP contribution in [0.5, 0.6) is 0 Å². The number of hydrogen-bond donors (Lipinski definition) is 0. The van der Waals surface area contributed by atoms with Gasteiger partial charge in [-0.2, -0.15) is 0 Å². The largest absolute Gasteiger partial charge is 0.339 e. The molecule has 0 saturated carbocycles. The van der Waals surface area contributed by atoms with E-state index in [2.05, 4.69) is 15.9 Å². The van der Waals surface area contributed by atoms with Gasteiger partial charge in [0.1, 0.15) is 0 Å². The van der Waals surface area contributed by atoms with Crippen LogP contribution in [0, 0.1) is 0 Å². The van der Waals surface area contributed by atoms with Gasteiger partial charge in [-0.25, -0.2) is 0 Å². The van der Waals surface area contributed by atoms with Crippen molar-refractivity contribution in [1.82, 2.24) is 4.90 Å². The normalized spacial score (nSPS) is 17.2. The molecule has 2 nitrogen and oxygen atoms in total. The molecular weight excluding hydrogens is 298 g/mol. The van der Waals surface area contributed by atoms with Crippen molar-refractivity contribution in [2.75, 3.05) is 19.3 Å². The zero-order chi connectivity index (χ0) is 12.3. The Morgan fingerprint density at radius 3 is 2.41 bits per heavy atom. The van der Waals surface area contributed by atoms with Gasteiger partial charge < -0.3 is 4.90 Å². The van der Waals surface area contributed by atoms with Gasteiger partial charge in [0.05, 0.1) is 0 Å². The van der Waals surface area contributed by atoms with Crippen LogP contribution in [0.2, 0.25) is 0 Å². The summed E-state index contributed by atoms with van der Waals surface area (Å²) in [6, 6.07) is 7.87. The fourth-order valence-electron chi connectivity index (χ4n) is 1.97. The van der Waals surface area contributed by atoms with E-state index < -0.39 is 0 Å². The highest BCUT2D eigenvalue weighted by atomic mass is 79.9. The van der Waals surface area contributed by atoms with E-state index in [1.54, 1.807) is 11.8 Å². The predicted octanol–water partition coefficient (Wildman–Crippen LogP) is 3.41. The van der Waals surface area contributed by atoms with Crippen LogP contribution in [0.15, 0.2) is 29.2 Å². The molecule has 1 aromatic rings. The first-order valence-electron chi connectivity index (χ1n) is 5.78. The lowest BCUT2D eigenvalue weighted by atomic mass is 10.1. The molecule has 0 bridgehead atoms.